The number of anilines is 1. The number of nitro groups is 1. The van der Waals surface area contributed by atoms with Gasteiger partial charge >= 0.3 is 0 Å². The van der Waals surface area contributed by atoms with E-state index < -0.39 is 4.92 Å². The van der Waals surface area contributed by atoms with Gasteiger partial charge in [0, 0.05) is 19.2 Å². The van der Waals surface area contributed by atoms with Gasteiger partial charge in [-0.25, -0.2) is 0 Å². The van der Waals surface area contributed by atoms with Crippen LogP contribution in [0.15, 0.2) is 12.1 Å². The van der Waals surface area contributed by atoms with Gasteiger partial charge < -0.3 is 10.4 Å². The van der Waals surface area contributed by atoms with Crippen molar-refractivity contribution in [2.75, 3.05) is 12.4 Å². The van der Waals surface area contributed by atoms with Crippen molar-refractivity contribution in [1.29, 1.82) is 0 Å². The summed E-state index contributed by atoms with van der Waals surface area (Å²) in [4.78, 5) is 9.79. The minimum atomic E-state index is -0.577. The Bertz CT molecular complexity index is 354. The van der Waals surface area contributed by atoms with Gasteiger partial charge in [-0.2, -0.15) is 0 Å². The van der Waals surface area contributed by atoms with E-state index in [0.717, 1.165) is 6.07 Å². The van der Waals surface area contributed by atoms with E-state index in [1.165, 1.54) is 13.1 Å². The number of hydrogen-bond acceptors (Lipinski definition) is 4. The molecule has 0 saturated heterocycles. The molecule has 1 rings (SSSR count). The first kappa shape index (κ1) is 9.60. The van der Waals surface area contributed by atoms with Crippen LogP contribution in [0.5, 0.6) is 5.75 Å². The first-order valence-electron chi connectivity index (χ1n) is 3.41. The summed E-state index contributed by atoms with van der Waals surface area (Å²) in [5.41, 5.74) is 0.0753. The largest absolute Gasteiger partial charge is 0.504 e. The molecule has 0 fully saturated rings. The van der Waals surface area contributed by atoms with E-state index in [4.69, 9.17) is 11.6 Å². The van der Waals surface area contributed by atoms with Gasteiger partial charge in [0.05, 0.1) is 15.6 Å². The van der Waals surface area contributed by atoms with Gasteiger partial charge in [0.15, 0.2) is 5.75 Å². The van der Waals surface area contributed by atoms with E-state index in [1.54, 1.807) is 0 Å². The highest BCUT2D eigenvalue weighted by molar-refractivity contribution is 6.32. The summed E-state index contributed by atoms with van der Waals surface area (Å²) in [5.74, 6) is -0.185. The molecule has 0 spiro atoms. The normalized spacial score (nSPS) is 9.69. The average Bonchev–Trinajstić information content (AvgIpc) is 2.09. The molecule has 0 aliphatic carbocycles. The van der Waals surface area contributed by atoms with Crippen LogP contribution in [0.25, 0.3) is 0 Å². The van der Waals surface area contributed by atoms with Crippen molar-refractivity contribution in [1.82, 2.24) is 0 Å². The molecule has 6 heteroatoms. The minimum Gasteiger partial charge on any atom is -0.504 e. The molecule has 2 N–H and O–H groups in total. The van der Waals surface area contributed by atoms with Crippen LogP contribution in [-0.2, 0) is 0 Å². The topological polar surface area (TPSA) is 75.4 Å². The summed E-state index contributed by atoms with van der Waals surface area (Å²) >= 11 is 5.55. The van der Waals surface area contributed by atoms with Gasteiger partial charge in [0.25, 0.3) is 5.69 Å². The molecule has 0 aromatic heterocycles. The number of nitrogens with one attached hydrogen (secondary N) is 1. The highest BCUT2D eigenvalue weighted by atomic mass is 35.5. The highest BCUT2D eigenvalue weighted by Crippen LogP contribution is 2.35. The second-order valence-electron chi connectivity index (χ2n) is 2.33. The monoisotopic (exact) mass is 202 g/mol. The number of rotatable bonds is 2. The lowest BCUT2D eigenvalue weighted by atomic mass is 10.2. The average molecular weight is 203 g/mol. The second kappa shape index (κ2) is 3.49. The molecule has 0 aliphatic rings. The lowest BCUT2D eigenvalue weighted by molar-refractivity contribution is -0.384. The second-order valence-corrected chi connectivity index (χ2v) is 2.74. The number of phenolic OH excluding ortho intramolecular Hbond substituents is 1. The number of nitrogens with zero attached hydrogens (tertiary/aromatic N) is 1. The summed E-state index contributed by atoms with van der Waals surface area (Å²) in [6.07, 6.45) is 0. The molecule has 0 bridgehead atoms. The van der Waals surface area contributed by atoms with Crippen LogP contribution in [-0.4, -0.2) is 17.1 Å². The lowest BCUT2D eigenvalue weighted by Crippen LogP contribution is -1.93. The minimum absolute atomic E-state index is 0.0430. The van der Waals surface area contributed by atoms with Gasteiger partial charge in [-0.05, 0) is 0 Å². The molecule has 0 amide bonds. The third kappa shape index (κ3) is 1.81. The van der Waals surface area contributed by atoms with E-state index >= 15 is 0 Å². The van der Waals surface area contributed by atoms with E-state index in [1.807, 2.05) is 0 Å². The van der Waals surface area contributed by atoms with Crippen molar-refractivity contribution in [3.63, 3.8) is 0 Å². The highest BCUT2D eigenvalue weighted by Gasteiger charge is 2.13. The number of benzene rings is 1. The first-order valence-corrected chi connectivity index (χ1v) is 3.78. The predicted octanol–water partition coefficient (Wildman–Crippen LogP) is 2.00. The maximum Gasteiger partial charge on any atom is 0.273 e. The Morgan fingerprint density at radius 3 is 2.69 bits per heavy atom. The van der Waals surface area contributed by atoms with Crippen LogP contribution >= 0.6 is 11.6 Å². The smallest absolute Gasteiger partial charge is 0.273 e. The zero-order chi connectivity index (χ0) is 10.0. The molecule has 0 heterocycles. The van der Waals surface area contributed by atoms with Crippen molar-refractivity contribution in [3.8, 4) is 5.75 Å². The standard InChI is InChI=1S/C7H7ClN2O3/c1-9-6-3-4(10(12)13)2-5(8)7(6)11/h2-3,9,11H,1H3. The SMILES string of the molecule is CNc1cc([N+](=O)[O-])cc(Cl)c1O. The van der Waals surface area contributed by atoms with E-state index in [0.29, 0.717) is 0 Å². The van der Waals surface area contributed by atoms with Crippen molar-refractivity contribution >= 4 is 23.0 Å². The van der Waals surface area contributed by atoms with E-state index in [-0.39, 0.29) is 22.1 Å². The van der Waals surface area contributed by atoms with Crippen LogP contribution in [0.2, 0.25) is 5.02 Å². The van der Waals surface area contributed by atoms with Crippen LogP contribution in [0, 0.1) is 10.1 Å². The zero-order valence-corrected chi connectivity index (χ0v) is 7.50. The van der Waals surface area contributed by atoms with Gasteiger partial charge in [-0.15, -0.1) is 0 Å². The van der Waals surface area contributed by atoms with E-state index in [9.17, 15) is 15.2 Å². The van der Waals surface area contributed by atoms with Gasteiger partial charge in [-0.1, -0.05) is 11.6 Å². The lowest BCUT2D eigenvalue weighted by Gasteiger charge is -2.04. The van der Waals surface area contributed by atoms with Crippen LogP contribution < -0.4 is 5.32 Å². The molecule has 0 aliphatic heterocycles. The molecular formula is C7H7ClN2O3. The van der Waals surface area contributed by atoms with Crippen molar-refractivity contribution in [3.05, 3.63) is 27.3 Å². The number of non-ortho nitro benzene ring substituents is 1. The maximum atomic E-state index is 10.4. The maximum absolute atomic E-state index is 10.4. The van der Waals surface area contributed by atoms with Crippen LogP contribution in [0.3, 0.4) is 0 Å². The number of nitro benzene ring substituents is 1. The number of aromatic hydroxyl groups is 1. The van der Waals surface area contributed by atoms with Crippen LogP contribution in [0.1, 0.15) is 0 Å². The summed E-state index contributed by atoms with van der Waals surface area (Å²) in [6.45, 7) is 0. The summed E-state index contributed by atoms with van der Waals surface area (Å²) in [7, 11) is 1.54. The number of phenols is 1. The van der Waals surface area contributed by atoms with Gasteiger partial charge in [-0.3, -0.25) is 10.1 Å². The summed E-state index contributed by atoms with van der Waals surface area (Å²) in [6, 6.07) is 2.30. The van der Waals surface area contributed by atoms with Crippen molar-refractivity contribution in [2.45, 2.75) is 0 Å². The molecule has 13 heavy (non-hydrogen) atoms. The quantitative estimate of drug-likeness (QED) is 0.437. The van der Waals surface area contributed by atoms with Gasteiger partial charge in [0.2, 0.25) is 0 Å². The van der Waals surface area contributed by atoms with Crippen molar-refractivity contribution in [2.24, 2.45) is 0 Å². The third-order valence-electron chi connectivity index (χ3n) is 1.53. The third-order valence-corrected chi connectivity index (χ3v) is 1.82. The number of hydrogen-bond donors (Lipinski definition) is 2. The zero-order valence-electron chi connectivity index (χ0n) is 6.74. The molecule has 0 unspecified atom stereocenters. The molecule has 1 aromatic rings. The predicted molar refractivity (Wildman–Crippen MR) is 49.3 cm³/mol. The van der Waals surface area contributed by atoms with Crippen LogP contribution in [0.4, 0.5) is 11.4 Å². The fourth-order valence-corrected chi connectivity index (χ4v) is 1.09. The Labute approximate surface area is 79.1 Å². The molecule has 0 radical (unpaired) electrons. The fraction of sp³-hybridized carbons (Fsp3) is 0.143. The molecule has 70 valence electrons. The summed E-state index contributed by atoms with van der Waals surface area (Å²) < 4.78 is 0. The Kier molecular flexibility index (Phi) is 2.57. The van der Waals surface area contributed by atoms with Crippen molar-refractivity contribution < 1.29 is 10.0 Å². The molecule has 1 aromatic carbocycles. The first-order chi connectivity index (χ1) is 6.06. The van der Waals surface area contributed by atoms with Gasteiger partial charge in [0.1, 0.15) is 0 Å². The summed E-state index contributed by atoms with van der Waals surface area (Å²) in [5, 5.41) is 22.2. The Morgan fingerprint density at radius 2 is 2.23 bits per heavy atom. The Morgan fingerprint density at radius 1 is 1.62 bits per heavy atom. The Balaban J connectivity index is 3.30. The Hall–Kier alpha value is -1.49. The van der Waals surface area contributed by atoms with E-state index in [2.05, 4.69) is 5.32 Å². The molecule has 0 saturated carbocycles. The molecule has 5 nitrogen and oxygen atoms in total. The number of halogens is 1. The molecular weight excluding hydrogens is 196 g/mol. The fourth-order valence-electron chi connectivity index (χ4n) is 0.881. The molecule has 0 atom stereocenters.